The molecule has 3 rings (SSSR count). The van der Waals surface area contributed by atoms with Gasteiger partial charge in [0, 0.05) is 14.7 Å². The van der Waals surface area contributed by atoms with E-state index in [-0.39, 0.29) is 11.3 Å². The predicted octanol–water partition coefficient (Wildman–Crippen LogP) is 5.03. The third-order valence-corrected chi connectivity index (χ3v) is 4.54. The van der Waals surface area contributed by atoms with Crippen molar-refractivity contribution in [1.29, 1.82) is 0 Å². The van der Waals surface area contributed by atoms with Gasteiger partial charge in [0.1, 0.15) is 5.82 Å². The van der Waals surface area contributed by atoms with E-state index in [9.17, 15) is 9.18 Å². The van der Waals surface area contributed by atoms with Crippen LogP contribution in [0.5, 0.6) is 0 Å². The Morgan fingerprint density at radius 1 is 1.11 bits per heavy atom. The molecule has 0 radical (unpaired) electrons. The molecule has 0 fully saturated rings. The molecule has 0 saturated carbocycles. The number of halogens is 2. The van der Waals surface area contributed by atoms with Crippen LogP contribution in [0.15, 0.2) is 52.3 Å². The highest BCUT2D eigenvalue weighted by atomic mass is 79.9. The van der Waals surface area contributed by atoms with Gasteiger partial charge in [0.15, 0.2) is 5.78 Å². The highest BCUT2D eigenvalue weighted by molar-refractivity contribution is 9.10. The van der Waals surface area contributed by atoms with E-state index in [1.165, 1.54) is 17.4 Å². The summed E-state index contributed by atoms with van der Waals surface area (Å²) in [5, 5.41) is 2.93. The van der Waals surface area contributed by atoms with Crippen LogP contribution >= 0.6 is 27.3 Å². The molecule has 0 atom stereocenters. The molecule has 1 aromatic heterocycles. The van der Waals surface area contributed by atoms with Crippen LogP contribution in [0, 0.1) is 5.82 Å². The third kappa shape index (κ3) is 2.11. The maximum absolute atomic E-state index is 13.9. The lowest BCUT2D eigenvalue weighted by Crippen LogP contribution is -2.05. The molecular formula is C15H8BrFOS. The normalized spacial score (nSPS) is 10.8. The quantitative estimate of drug-likeness (QED) is 0.600. The molecule has 0 saturated heterocycles. The largest absolute Gasteiger partial charge is 0.288 e. The minimum atomic E-state index is -0.507. The smallest absolute Gasteiger partial charge is 0.198 e. The summed E-state index contributed by atoms with van der Waals surface area (Å²) in [6, 6.07) is 12.0. The van der Waals surface area contributed by atoms with Crippen LogP contribution in [0.2, 0.25) is 0 Å². The van der Waals surface area contributed by atoms with E-state index >= 15 is 0 Å². The molecule has 3 aromatic rings. The van der Waals surface area contributed by atoms with Crippen molar-refractivity contribution < 1.29 is 9.18 Å². The molecule has 2 aromatic carbocycles. The van der Waals surface area contributed by atoms with Gasteiger partial charge in [0.2, 0.25) is 0 Å². The van der Waals surface area contributed by atoms with E-state index in [0.717, 1.165) is 10.1 Å². The number of ketones is 1. The minimum absolute atomic E-state index is 0.0865. The number of hydrogen-bond acceptors (Lipinski definition) is 2. The Bertz CT molecular complexity index is 758. The SMILES string of the molecule is O=C(c1c(F)cccc1Br)c1cccc2ccsc12. The summed E-state index contributed by atoms with van der Waals surface area (Å²) >= 11 is 4.73. The summed E-state index contributed by atoms with van der Waals surface area (Å²) in [4.78, 5) is 12.5. The average molecular weight is 335 g/mol. The van der Waals surface area contributed by atoms with Gasteiger partial charge >= 0.3 is 0 Å². The summed E-state index contributed by atoms with van der Waals surface area (Å²) in [6.45, 7) is 0. The van der Waals surface area contributed by atoms with Gasteiger partial charge in [0.05, 0.1) is 5.56 Å². The second-order valence-electron chi connectivity index (χ2n) is 4.07. The Hall–Kier alpha value is -1.52. The lowest BCUT2D eigenvalue weighted by Gasteiger charge is -2.06. The number of carbonyl (C=O) groups excluding carboxylic acids is 1. The lowest BCUT2D eigenvalue weighted by atomic mass is 10.0. The lowest BCUT2D eigenvalue weighted by molar-refractivity contribution is 0.103. The standard InChI is InChI=1S/C15H8BrFOS/c16-11-5-2-6-12(17)13(11)14(18)10-4-1-3-9-7-8-19-15(9)10/h1-8H. The summed E-state index contributed by atoms with van der Waals surface area (Å²) in [7, 11) is 0. The number of hydrogen-bond donors (Lipinski definition) is 0. The number of benzene rings is 2. The van der Waals surface area contributed by atoms with Crippen molar-refractivity contribution in [2.75, 3.05) is 0 Å². The van der Waals surface area contributed by atoms with Crippen LogP contribution in [-0.4, -0.2) is 5.78 Å². The molecule has 0 aliphatic carbocycles. The van der Waals surface area contributed by atoms with Gasteiger partial charge in [0.25, 0.3) is 0 Å². The molecule has 0 aliphatic rings. The maximum Gasteiger partial charge on any atom is 0.198 e. The van der Waals surface area contributed by atoms with Crippen molar-refractivity contribution in [1.82, 2.24) is 0 Å². The van der Waals surface area contributed by atoms with E-state index in [2.05, 4.69) is 15.9 Å². The first-order chi connectivity index (χ1) is 9.18. The molecule has 0 spiro atoms. The van der Waals surface area contributed by atoms with Crippen molar-refractivity contribution in [3.05, 3.63) is 69.3 Å². The summed E-state index contributed by atoms with van der Waals surface area (Å²) in [5.41, 5.74) is 0.627. The van der Waals surface area contributed by atoms with E-state index in [1.54, 1.807) is 18.2 Å². The molecule has 0 N–H and O–H groups in total. The number of carbonyl (C=O) groups is 1. The first kappa shape index (κ1) is 12.5. The molecule has 19 heavy (non-hydrogen) atoms. The van der Waals surface area contributed by atoms with Gasteiger partial charge in [-0.3, -0.25) is 4.79 Å². The Morgan fingerprint density at radius 3 is 2.68 bits per heavy atom. The third-order valence-electron chi connectivity index (χ3n) is 2.91. The van der Waals surface area contributed by atoms with Crippen molar-refractivity contribution in [2.24, 2.45) is 0 Å². The molecule has 4 heteroatoms. The van der Waals surface area contributed by atoms with Crippen molar-refractivity contribution >= 4 is 43.1 Å². The fourth-order valence-corrected chi connectivity index (χ4v) is 3.45. The summed E-state index contributed by atoms with van der Waals surface area (Å²) < 4.78 is 15.2. The molecular weight excluding hydrogens is 327 g/mol. The first-order valence-electron chi connectivity index (χ1n) is 5.63. The fraction of sp³-hybridized carbons (Fsp3) is 0. The Labute approximate surface area is 121 Å². The van der Waals surface area contributed by atoms with Gasteiger partial charge < -0.3 is 0 Å². The molecule has 1 heterocycles. The van der Waals surface area contributed by atoms with E-state index in [4.69, 9.17) is 0 Å². The Morgan fingerprint density at radius 2 is 1.89 bits per heavy atom. The van der Waals surface area contributed by atoms with Gasteiger partial charge in [-0.15, -0.1) is 11.3 Å². The van der Waals surface area contributed by atoms with Crippen LogP contribution in [0.4, 0.5) is 4.39 Å². The van der Waals surface area contributed by atoms with Gasteiger partial charge in [-0.2, -0.15) is 0 Å². The van der Waals surface area contributed by atoms with Crippen LogP contribution in [0.25, 0.3) is 10.1 Å². The van der Waals surface area contributed by atoms with Crippen LogP contribution in [-0.2, 0) is 0 Å². The van der Waals surface area contributed by atoms with E-state index in [1.807, 2.05) is 23.6 Å². The fourth-order valence-electron chi connectivity index (χ4n) is 2.02. The number of fused-ring (bicyclic) bond motifs is 1. The van der Waals surface area contributed by atoms with Crippen LogP contribution in [0.3, 0.4) is 0 Å². The maximum atomic E-state index is 13.9. The molecule has 1 nitrogen and oxygen atoms in total. The zero-order valence-electron chi connectivity index (χ0n) is 9.69. The highest BCUT2D eigenvalue weighted by Crippen LogP contribution is 2.29. The zero-order chi connectivity index (χ0) is 13.4. The summed E-state index contributed by atoms with van der Waals surface area (Å²) in [5.74, 6) is -0.800. The zero-order valence-corrected chi connectivity index (χ0v) is 12.1. The highest BCUT2D eigenvalue weighted by Gasteiger charge is 2.19. The number of thiophene rings is 1. The van der Waals surface area contributed by atoms with Crippen molar-refractivity contribution in [3.8, 4) is 0 Å². The molecule has 0 unspecified atom stereocenters. The molecule has 0 amide bonds. The first-order valence-corrected chi connectivity index (χ1v) is 7.30. The van der Waals surface area contributed by atoms with E-state index < -0.39 is 5.82 Å². The van der Waals surface area contributed by atoms with E-state index in [0.29, 0.717) is 10.0 Å². The topological polar surface area (TPSA) is 17.1 Å². The van der Waals surface area contributed by atoms with Gasteiger partial charge in [-0.05, 0) is 51.0 Å². The average Bonchev–Trinajstić information content (AvgIpc) is 2.86. The molecule has 94 valence electrons. The van der Waals surface area contributed by atoms with Crippen molar-refractivity contribution in [2.45, 2.75) is 0 Å². The predicted molar refractivity (Wildman–Crippen MR) is 79.4 cm³/mol. The van der Waals surface area contributed by atoms with Crippen LogP contribution in [0.1, 0.15) is 15.9 Å². The van der Waals surface area contributed by atoms with Crippen LogP contribution < -0.4 is 0 Å². The van der Waals surface area contributed by atoms with Crippen molar-refractivity contribution in [3.63, 3.8) is 0 Å². The number of rotatable bonds is 2. The van der Waals surface area contributed by atoms with Gasteiger partial charge in [-0.1, -0.05) is 18.2 Å². The minimum Gasteiger partial charge on any atom is -0.288 e. The monoisotopic (exact) mass is 334 g/mol. The van der Waals surface area contributed by atoms with Gasteiger partial charge in [-0.25, -0.2) is 4.39 Å². The Kier molecular flexibility index (Phi) is 3.21. The molecule has 0 bridgehead atoms. The Balaban J connectivity index is 2.22. The second-order valence-corrected chi connectivity index (χ2v) is 5.84. The summed E-state index contributed by atoms with van der Waals surface area (Å²) in [6.07, 6.45) is 0. The second kappa shape index (κ2) is 4.87. The molecule has 0 aliphatic heterocycles.